The quantitative estimate of drug-likeness (QED) is 0.485. The van der Waals surface area contributed by atoms with E-state index >= 15 is 0 Å². The van der Waals surface area contributed by atoms with Crippen LogP contribution in [0.15, 0.2) is 6.07 Å². The molecule has 2 N–H and O–H groups in total. The number of hydrogen-bond acceptors (Lipinski definition) is 4. The summed E-state index contributed by atoms with van der Waals surface area (Å²) in [7, 11) is 7.39. The maximum atomic E-state index is 13.0. The maximum absolute atomic E-state index is 13.0. The molecule has 1 saturated heterocycles. The molecule has 1 heterocycles. The van der Waals surface area contributed by atoms with E-state index in [0.717, 1.165) is 57.3 Å². The minimum atomic E-state index is -3.72. The van der Waals surface area contributed by atoms with Gasteiger partial charge in [-0.1, -0.05) is 11.4 Å². The first-order valence-corrected chi connectivity index (χ1v) is 13.7. The Kier molecular flexibility index (Phi) is 6.34. The van der Waals surface area contributed by atoms with Gasteiger partial charge in [-0.2, -0.15) is 0 Å². The normalized spacial score (nSPS) is 20.0. The van der Waals surface area contributed by atoms with Crippen LogP contribution in [0.2, 0.25) is 5.11 Å². The molecule has 0 unspecified atom stereocenters. The Bertz CT molecular complexity index is 986. The fourth-order valence-corrected chi connectivity index (χ4v) is 6.83. The van der Waals surface area contributed by atoms with E-state index in [-0.39, 0.29) is 10.5 Å². The summed E-state index contributed by atoms with van der Waals surface area (Å²) in [6, 6.07) is 1.69. The van der Waals surface area contributed by atoms with Crippen LogP contribution < -0.4 is 10.0 Å². The number of rotatable bonds is 5. The monoisotopic (exact) mass is 451 g/mol. The summed E-state index contributed by atoms with van der Waals surface area (Å²) >= 11 is 0. The standard InChI is InChI=1S/C20H34B5N3O3S/c21-19(22,23)20(24,25)28-9-7-14(8-10-28)32(30,31)27-18(29)26-17-15-5-1-3-12(15)11-13-4-2-6-16(13)17/h11,14H,1-10,21-25H2,(H2,26,27,29). The molecule has 0 saturated carbocycles. The average molecular weight is 451 g/mol. The third-order valence-corrected chi connectivity index (χ3v) is 10.3. The molecule has 1 fully saturated rings. The molecule has 0 atom stereocenters. The number of nitrogens with zero attached hydrogens (tertiary/aromatic N) is 1. The van der Waals surface area contributed by atoms with Gasteiger partial charge in [0.05, 0.1) is 28.8 Å². The lowest BCUT2D eigenvalue weighted by atomic mass is 9.26. The highest BCUT2D eigenvalue weighted by Gasteiger charge is 2.41. The largest absolute Gasteiger partial charge is 0.332 e. The minimum Gasteiger partial charge on any atom is -0.315 e. The van der Waals surface area contributed by atoms with E-state index in [1.165, 1.54) is 22.3 Å². The van der Waals surface area contributed by atoms with Crippen molar-refractivity contribution in [2.75, 3.05) is 18.4 Å². The number of carbonyl (C=O) groups excluding carboxylic acids is 1. The summed E-state index contributed by atoms with van der Waals surface area (Å²) in [5.41, 5.74) is 5.92. The van der Waals surface area contributed by atoms with E-state index in [9.17, 15) is 13.2 Å². The molecule has 6 nitrogen and oxygen atoms in total. The molecule has 3 aliphatic rings. The number of aryl methyl sites for hydroxylation is 2. The van der Waals surface area contributed by atoms with Gasteiger partial charge in [0.25, 0.3) is 0 Å². The predicted octanol–water partition coefficient (Wildman–Crippen LogP) is -2.53. The Hall–Kier alpha value is -1.28. The zero-order valence-electron chi connectivity index (χ0n) is 20.3. The van der Waals surface area contributed by atoms with E-state index in [0.29, 0.717) is 12.8 Å². The topological polar surface area (TPSA) is 78.5 Å². The predicted molar refractivity (Wildman–Crippen MR) is 144 cm³/mol. The summed E-state index contributed by atoms with van der Waals surface area (Å²) in [4.78, 5) is 15.2. The number of amides is 2. The van der Waals surface area contributed by atoms with Crippen LogP contribution in [-0.4, -0.2) is 82.3 Å². The van der Waals surface area contributed by atoms with Crippen LogP contribution in [0.4, 0.5) is 10.5 Å². The second kappa shape index (κ2) is 8.50. The zero-order chi connectivity index (χ0) is 23.3. The van der Waals surface area contributed by atoms with Gasteiger partial charge in [0, 0.05) is 5.69 Å². The van der Waals surface area contributed by atoms with Crippen LogP contribution in [0.3, 0.4) is 0 Å². The molecular formula is C20H34B5N3O3S. The second-order valence-corrected chi connectivity index (χ2v) is 13.3. The highest BCUT2D eigenvalue weighted by Crippen LogP contribution is 2.38. The van der Waals surface area contributed by atoms with Gasteiger partial charge in [0.2, 0.25) is 10.0 Å². The van der Waals surface area contributed by atoms with Crippen LogP contribution >= 0.6 is 0 Å². The van der Waals surface area contributed by atoms with Crippen molar-refractivity contribution < 1.29 is 13.2 Å². The van der Waals surface area contributed by atoms with Gasteiger partial charge in [0.15, 0.2) is 0 Å². The first-order chi connectivity index (χ1) is 14.9. The van der Waals surface area contributed by atoms with Crippen molar-refractivity contribution >= 4 is 61.0 Å². The zero-order valence-corrected chi connectivity index (χ0v) is 21.1. The molecule has 168 valence electrons. The molecule has 0 radical (unpaired) electrons. The lowest BCUT2D eigenvalue weighted by molar-refractivity contribution is 0.185. The molecule has 1 aliphatic heterocycles. The number of likely N-dealkylation sites (tertiary alicyclic amines) is 1. The smallest absolute Gasteiger partial charge is 0.315 e. The number of anilines is 1. The molecule has 0 aromatic heterocycles. The number of benzene rings is 1. The lowest BCUT2D eigenvalue weighted by Gasteiger charge is -2.51. The lowest BCUT2D eigenvalue weighted by Crippen LogP contribution is -2.62. The van der Waals surface area contributed by atoms with Gasteiger partial charge in [-0.15, -0.1) is 5.11 Å². The van der Waals surface area contributed by atoms with Gasteiger partial charge in [0.1, 0.15) is 15.7 Å². The van der Waals surface area contributed by atoms with Gasteiger partial charge in [-0.05, 0) is 86.7 Å². The van der Waals surface area contributed by atoms with Gasteiger partial charge in [-0.25, -0.2) is 17.9 Å². The molecule has 4 rings (SSSR count). The highest BCUT2D eigenvalue weighted by molar-refractivity contribution is 7.90. The van der Waals surface area contributed by atoms with Crippen molar-refractivity contribution in [3.05, 3.63) is 28.3 Å². The number of urea groups is 1. The average Bonchev–Trinajstić information content (AvgIpc) is 3.36. The van der Waals surface area contributed by atoms with Crippen molar-refractivity contribution in [1.82, 2.24) is 9.62 Å². The van der Waals surface area contributed by atoms with Crippen molar-refractivity contribution in [2.24, 2.45) is 0 Å². The van der Waals surface area contributed by atoms with Crippen LogP contribution in [0.25, 0.3) is 0 Å². The van der Waals surface area contributed by atoms with Crippen molar-refractivity contribution in [3.8, 4) is 0 Å². The molecule has 1 aromatic rings. The van der Waals surface area contributed by atoms with E-state index in [1.807, 2.05) is 0 Å². The Balaban J connectivity index is 1.42. The fourth-order valence-electron chi connectivity index (χ4n) is 5.52. The van der Waals surface area contributed by atoms with Crippen molar-refractivity contribution in [1.29, 1.82) is 0 Å². The van der Waals surface area contributed by atoms with E-state index in [2.05, 4.69) is 60.2 Å². The Morgan fingerprint density at radius 3 is 1.97 bits per heavy atom. The van der Waals surface area contributed by atoms with E-state index in [4.69, 9.17) is 0 Å². The van der Waals surface area contributed by atoms with Crippen molar-refractivity contribution in [2.45, 2.75) is 67.1 Å². The fraction of sp³-hybridized carbons (Fsp3) is 0.650. The molecule has 2 amide bonds. The summed E-state index contributed by atoms with van der Waals surface area (Å²) in [5.74, 6) is 0. The Morgan fingerprint density at radius 2 is 1.47 bits per heavy atom. The van der Waals surface area contributed by atoms with Gasteiger partial charge < -0.3 is 10.2 Å². The Morgan fingerprint density at radius 1 is 0.938 bits per heavy atom. The summed E-state index contributed by atoms with van der Waals surface area (Å²) in [6.07, 6.45) is 7.25. The number of fused-ring (bicyclic) bond motifs is 2. The molecule has 0 bridgehead atoms. The Labute approximate surface area is 197 Å². The molecular weight excluding hydrogens is 416 g/mol. The van der Waals surface area contributed by atoms with Crippen molar-refractivity contribution in [3.63, 3.8) is 0 Å². The molecule has 2 aliphatic carbocycles. The number of nitrogens with one attached hydrogen (secondary N) is 2. The third-order valence-electron chi connectivity index (χ3n) is 8.45. The van der Waals surface area contributed by atoms with Gasteiger partial charge >= 0.3 is 6.03 Å². The first kappa shape index (κ1) is 23.9. The first-order valence-electron chi connectivity index (χ1n) is 12.1. The van der Waals surface area contributed by atoms with Crippen LogP contribution in [0, 0.1) is 0 Å². The van der Waals surface area contributed by atoms with Crippen LogP contribution in [0.1, 0.15) is 47.9 Å². The van der Waals surface area contributed by atoms with Crippen LogP contribution in [-0.2, 0) is 35.7 Å². The minimum absolute atomic E-state index is 0.0272. The molecule has 32 heavy (non-hydrogen) atoms. The van der Waals surface area contributed by atoms with E-state index < -0.39 is 21.3 Å². The number of sulfonamides is 1. The summed E-state index contributed by atoms with van der Waals surface area (Å²) in [6.45, 7) is 1.44. The SMILES string of the molecule is BC(B)(B)C(B)(B)N1CCC(S(=O)(=O)NC(=O)Nc2c3c(cc4c2CCC4)CCC3)CC1. The van der Waals surface area contributed by atoms with E-state index in [1.54, 1.807) is 0 Å². The molecule has 12 heteroatoms. The van der Waals surface area contributed by atoms with Crippen LogP contribution in [0.5, 0.6) is 0 Å². The molecule has 0 spiro atoms. The second-order valence-electron chi connectivity index (χ2n) is 11.3. The number of piperidine rings is 1. The number of hydrogen-bond donors (Lipinski definition) is 2. The van der Waals surface area contributed by atoms with Gasteiger partial charge in [-0.3, -0.25) is 0 Å². The highest BCUT2D eigenvalue weighted by atomic mass is 32.2. The summed E-state index contributed by atoms with van der Waals surface area (Å²) in [5, 5.41) is 2.48. The third kappa shape index (κ3) is 4.41. The summed E-state index contributed by atoms with van der Waals surface area (Å²) < 4.78 is 28.4. The number of carbonyl (C=O) groups is 1. The maximum Gasteiger partial charge on any atom is 0.332 e. The molecule has 1 aromatic carbocycles.